The van der Waals surface area contributed by atoms with Crippen LogP contribution in [0, 0.1) is 11.8 Å². The number of rotatable bonds is 3. The summed E-state index contributed by atoms with van der Waals surface area (Å²) in [5.41, 5.74) is 1.16. The summed E-state index contributed by atoms with van der Waals surface area (Å²) in [5.74, 6) is 0.676. The second kappa shape index (κ2) is 5.37. The van der Waals surface area contributed by atoms with Gasteiger partial charge in [0.1, 0.15) is 13.1 Å². The summed E-state index contributed by atoms with van der Waals surface area (Å²) in [5, 5.41) is 2.21. The van der Waals surface area contributed by atoms with E-state index in [0.717, 1.165) is 18.5 Å². The first-order valence-corrected chi connectivity index (χ1v) is 8.06. The lowest BCUT2D eigenvalue weighted by molar-refractivity contribution is -0.133. The molecule has 0 unspecified atom stereocenters. The van der Waals surface area contributed by atoms with Crippen LogP contribution in [0.15, 0.2) is 30.3 Å². The van der Waals surface area contributed by atoms with Gasteiger partial charge >= 0.3 is 6.03 Å². The predicted octanol–water partition coefficient (Wildman–Crippen LogP) is 1.15. The Morgan fingerprint density at radius 2 is 1.96 bits per heavy atom. The first-order valence-electron chi connectivity index (χ1n) is 8.06. The van der Waals surface area contributed by atoms with Gasteiger partial charge < -0.3 is 9.80 Å². The molecule has 0 radical (unpaired) electrons. The molecule has 1 aromatic rings. The Kier molecular flexibility index (Phi) is 3.32. The number of likely N-dealkylation sites (tertiary alicyclic amines) is 1. The number of nitrogens with zero attached hydrogens (tertiary/aromatic N) is 2. The van der Waals surface area contributed by atoms with Crippen LogP contribution in [0.2, 0.25) is 0 Å². The molecular formula is C17H19N3O3. The van der Waals surface area contributed by atoms with E-state index in [1.54, 1.807) is 0 Å². The van der Waals surface area contributed by atoms with Crippen molar-refractivity contribution in [3.05, 3.63) is 35.9 Å². The third-order valence-electron chi connectivity index (χ3n) is 5.30. The number of hydrogen-bond acceptors (Lipinski definition) is 3. The molecule has 3 atom stereocenters. The van der Waals surface area contributed by atoms with Crippen molar-refractivity contribution in [3.8, 4) is 0 Å². The summed E-state index contributed by atoms with van der Waals surface area (Å²) >= 11 is 0. The van der Waals surface area contributed by atoms with Gasteiger partial charge in [0.25, 0.3) is 0 Å². The van der Waals surface area contributed by atoms with Gasteiger partial charge in [-0.15, -0.1) is 0 Å². The highest BCUT2D eigenvalue weighted by atomic mass is 16.2. The van der Waals surface area contributed by atoms with E-state index in [0.29, 0.717) is 11.8 Å². The minimum absolute atomic E-state index is 0.0265. The van der Waals surface area contributed by atoms with E-state index in [9.17, 15) is 14.4 Å². The van der Waals surface area contributed by atoms with Gasteiger partial charge in [0.2, 0.25) is 11.8 Å². The van der Waals surface area contributed by atoms with Crippen LogP contribution < -0.4 is 5.32 Å². The van der Waals surface area contributed by atoms with Crippen molar-refractivity contribution in [1.29, 1.82) is 0 Å². The lowest BCUT2D eigenvalue weighted by Crippen LogP contribution is -2.41. The van der Waals surface area contributed by atoms with Crippen molar-refractivity contribution < 1.29 is 14.4 Å². The van der Waals surface area contributed by atoms with Gasteiger partial charge in [0, 0.05) is 6.54 Å². The van der Waals surface area contributed by atoms with E-state index in [2.05, 4.69) is 17.4 Å². The lowest BCUT2D eigenvalue weighted by Gasteiger charge is -2.34. The molecule has 1 saturated carbocycles. The summed E-state index contributed by atoms with van der Waals surface area (Å²) in [7, 11) is 0. The number of carbonyl (C=O) groups excluding carboxylic acids is 3. The van der Waals surface area contributed by atoms with E-state index in [1.807, 2.05) is 23.1 Å². The zero-order chi connectivity index (χ0) is 16.0. The topological polar surface area (TPSA) is 69.7 Å². The summed E-state index contributed by atoms with van der Waals surface area (Å²) in [6.45, 7) is 0.702. The molecule has 2 saturated heterocycles. The Morgan fingerprint density at radius 1 is 1.17 bits per heavy atom. The molecule has 2 aliphatic heterocycles. The third-order valence-corrected chi connectivity index (χ3v) is 5.30. The molecule has 1 N–H and O–H groups in total. The van der Waals surface area contributed by atoms with Crippen LogP contribution >= 0.6 is 0 Å². The Bertz CT molecular complexity index is 660. The van der Waals surface area contributed by atoms with Crippen LogP contribution in [-0.4, -0.2) is 47.3 Å². The molecule has 0 bridgehead atoms. The second-order valence-electron chi connectivity index (χ2n) is 6.61. The molecule has 1 aliphatic carbocycles. The van der Waals surface area contributed by atoms with Crippen LogP contribution in [0.3, 0.4) is 0 Å². The lowest BCUT2D eigenvalue weighted by atomic mass is 9.71. The van der Waals surface area contributed by atoms with Gasteiger partial charge in [-0.1, -0.05) is 30.3 Å². The fourth-order valence-electron chi connectivity index (χ4n) is 4.03. The number of amides is 4. The second-order valence-corrected chi connectivity index (χ2v) is 6.61. The number of urea groups is 1. The van der Waals surface area contributed by atoms with Gasteiger partial charge in [0.15, 0.2) is 0 Å². The van der Waals surface area contributed by atoms with Crippen LogP contribution in [-0.2, 0) is 9.59 Å². The van der Waals surface area contributed by atoms with Crippen molar-refractivity contribution in [1.82, 2.24) is 15.1 Å². The molecule has 0 spiro atoms. The number of fused-ring (bicyclic) bond motifs is 1. The summed E-state index contributed by atoms with van der Waals surface area (Å²) < 4.78 is 0. The highest BCUT2D eigenvalue weighted by Crippen LogP contribution is 2.51. The van der Waals surface area contributed by atoms with Crippen molar-refractivity contribution >= 4 is 17.8 Å². The van der Waals surface area contributed by atoms with Gasteiger partial charge in [-0.05, 0) is 30.2 Å². The Morgan fingerprint density at radius 3 is 2.57 bits per heavy atom. The summed E-state index contributed by atoms with van der Waals surface area (Å²) in [4.78, 5) is 38.9. The van der Waals surface area contributed by atoms with Gasteiger partial charge in [0.05, 0.1) is 6.04 Å². The normalized spacial score (nSPS) is 29.3. The zero-order valence-corrected chi connectivity index (χ0v) is 12.8. The first-order chi connectivity index (χ1) is 11.1. The molecule has 3 fully saturated rings. The molecule has 1 aromatic carbocycles. The third kappa shape index (κ3) is 2.38. The highest BCUT2D eigenvalue weighted by Gasteiger charge is 2.49. The predicted molar refractivity (Wildman–Crippen MR) is 82.2 cm³/mol. The Hall–Kier alpha value is -2.37. The first kappa shape index (κ1) is 14.2. The average molecular weight is 313 g/mol. The van der Waals surface area contributed by atoms with Crippen molar-refractivity contribution in [3.63, 3.8) is 0 Å². The molecular weight excluding hydrogens is 294 g/mol. The zero-order valence-electron chi connectivity index (χ0n) is 12.8. The van der Waals surface area contributed by atoms with Gasteiger partial charge in [-0.3, -0.25) is 14.9 Å². The Balaban J connectivity index is 1.53. The summed E-state index contributed by atoms with van der Waals surface area (Å²) in [6.07, 6.45) is 2.32. The van der Waals surface area contributed by atoms with Crippen LogP contribution in [0.5, 0.6) is 0 Å². The number of imide groups is 1. The van der Waals surface area contributed by atoms with Crippen LogP contribution in [0.1, 0.15) is 24.4 Å². The van der Waals surface area contributed by atoms with Crippen molar-refractivity contribution in [2.45, 2.75) is 18.9 Å². The monoisotopic (exact) mass is 313 g/mol. The van der Waals surface area contributed by atoms with E-state index in [-0.39, 0.29) is 30.9 Å². The maximum atomic E-state index is 12.7. The fourth-order valence-corrected chi connectivity index (χ4v) is 4.03. The highest BCUT2D eigenvalue weighted by molar-refractivity contribution is 6.03. The number of hydrogen-bond donors (Lipinski definition) is 1. The fraction of sp³-hybridized carbons (Fsp3) is 0.471. The quantitative estimate of drug-likeness (QED) is 0.851. The number of benzene rings is 1. The molecule has 4 rings (SSSR count). The minimum Gasteiger partial charge on any atom is -0.334 e. The molecule has 23 heavy (non-hydrogen) atoms. The number of carbonyl (C=O) groups is 3. The largest absolute Gasteiger partial charge is 0.334 e. The SMILES string of the molecule is O=C1CN(CC(=O)N2C[C@@H]3CC[C@@H]3[C@@H]2c2ccccc2)C(=O)N1. The van der Waals surface area contributed by atoms with Crippen LogP contribution in [0.25, 0.3) is 0 Å². The molecule has 2 heterocycles. The number of nitrogens with one attached hydrogen (secondary N) is 1. The molecule has 120 valence electrons. The van der Waals surface area contributed by atoms with E-state index in [4.69, 9.17) is 0 Å². The maximum Gasteiger partial charge on any atom is 0.325 e. The minimum atomic E-state index is -0.471. The average Bonchev–Trinajstić information content (AvgIpc) is 2.96. The molecule has 3 aliphatic rings. The standard InChI is InChI=1S/C17H19N3O3/c21-14-9-19(17(23)18-14)10-15(22)20-8-12-6-7-13(12)16(20)11-4-2-1-3-5-11/h1-5,12-13,16H,6-10H2,(H,18,21,23)/t12-,13-,16-/m0/s1. The van der Waals surface area contributed by atoms with Crippen molar-refractivity contribution in [2.75, 3.05) is 19.6 Å². The van der Waals surface area contributed by atoms with Gasteiger partial charge in [-0.25, -0.2) is 4.79 Å². The van der Waals surface area contributed by atoms with E-state index in [1.165, 1.54) is 11.3 Å². The van der Waals surface area contributed by atoms with E-state index >= 15 is 0 Å². The van der Waals surface area contributed by atoms with Gasteiger partial charge in [-0.2, -0.15) is 0 Å². The molecule has 4 amide bonds. The van der Waals surface area contributed by atoms with Crippen LogP contribution in [0.4, 0.5) is 4.79 Å². The van der Waals surface area contributed by atoms with Crippen molar-refractivity contribution in [2.24, 2.45) is 11.8 Å². The molecule has 6 heteroatoms. The van der Waals surface area contributed by atoms with E-state index < -0.39 is 6.03 Å². The smallest absolute Gasteiger partial charge is 0.325 e. The Labute approximate surface area is 134 Å². The maximum absolute atomic E-state index is 12.7. The summed E-state index contributed by atoms with van der Waals surface area (Å²) in [6, 6.07) is 9.73. The molecule has 6 nitrogen and oxygen atoms in total. The molecule has 0 aromatic heterocycles.